The highest BCUT2D eigenvalue weighted by Gasteiger charge is 1.88. The maximum absolute atomic E-state index is 4.23. The molecule has 74 valence electrons. The van der Waals surface area contributed by atoms with Crippen molar-refractivity contribution in [3.05, 3.63) is 47.8 Å². The van der Waals surface area contributed by atoms with Gasteiger partial charge in [-0.15, -0.1) is 0 Å². The molecule has 1 heterocycles. The Labute approximate surface area is 86.2 Å². The Kier molecular flexibility index (Phi) is 4.70. The first kappa shape index (κ1) is 10.7. The van der Waals surface area contributed by atoms with E-state index in [4.69, 9.17) is 0 Å². The van der Waals surface area contributed by atoms with Crippen LogP contribution < -0.4 is 0 Å². The lowest BCUT2D eigenvalue weighted by molar-refractivity contribution is 1.10. The summed E-state index contributed by atoms with van der Waals surface area (Å²) >= 11 is 0. The maximum Gasteiger partial charge on any atom is 0.0629 e. The highest BCUT2D eigenvalue weighted by atomic mass is 14.6. The lowest BCUT2D eigenvalue weighted by Gasteiger charge is -1.95. The standard InChI is InChI=1S/C13H17N/c1-3-7-12(4-2)9-10-13-8-5-6-11-14-13/h5-11H,3-4H2,1-2H3/b10-9-,12-7+. The lowest BCUT2D eigenvalue weighted by Crippen LogP contribution is -1.78. The van der Waals surface area contributed by atoms with Gasteiger partial charge in [0.05, 0.1) is 5.69 Å². The van der Waals surface area contributed by atoms with Crippen LogP contribution in [0.3, 0.4) is 0 Å². The number of allylic oxidation sites excluding steroid dienone is 3. The van der Waals surface area contributed by atoms with Crippen LogP contribution in [0.4, 0.5) is 0 Å². The third-order valence-electron chi connectivity index (χ3n) is 2.03. The lowest BCUT2D eigenvalue weighted by atomic mass is 10.1. The Morgan fingerprint density at radius 1 is 1.36 bits per heavy atom. The Morgan fingerprint density at radius 3 is 2.79 bits per heavy atom. The van der Waals surface area contributed by atoms with Crippen molar-refractivity contribution in [3.8, 4) is 0 Å². The summed E-state index contributed by atoms with van der Waals surface area (Å²) in [5, 5.41) is 0. The Balaban J connectivity index is 2.68. The highest BCUT2D eigenvalue weighted by Crippen LogP contribution is 2.07. The van der Waals surface area contributed by atoms with E-state index in [1.54, 1.807) is 0 Å². The molecule has 0 aliphatic carbocycles. The molecule has 1 aromatic rings. The number of pyridine rings is 1. The number of rotatable bonds is 4. The van der Waals surface area contributed by atoms with E-state index < -0.39 is 0 Å². The van der Waals surface area contributed by atoms with E-state index in [1.807, 2.05) is 24.4 Å². The number of hydrogen-bond donors (Lipinski definition) is 0. The number of nitrogens with zero attached hydrogens (tertiary/aromatic N) is 1. The van der Waals surface area contributed by atoms with Gasteiger partial charge < -0.3 is 0 Å². The molecule has 0 radical (unpaired) electrons. The predicted octanol–water partition coefficient (Wildman–Crippen LogP) is 3.84. The fraction of sp³-hybridized carbons (Fsp3) is 0.308. The average Bonchev–Trinajstić information content (AvgIpc) is 2.25. The molecule has 14 heavy (non-hydrogen) atoms. The van der Waals surface area contributed by atoms with Gasteiger partial charge in [0.2, 0.25) is 0 Å². The topological polar surface area (TPSA) is 12.9 Å². The van der Waals surface area contributed by atoms with Crippen LogP contribution in [0.2, 0.25) is 0 Å². The molecular formula is C13H17N. The fourth-order valence-electron chi connectivity index (χ4n) is 1.26. The van der Waals surface area contributed by atoms with Crippen molar-refractivity contribution in [1.82, 2.24) is 4.98 Å². The normalized spacial score (nSPS) is 12.3. The van der Waals surface area contributed by atoms with E-state index in [0.717, 1.165) is 18.5 Å². The molecule has 0 fully saturated rings. The van der Waals surface area contributed by atoms with Crippen LogP contribution in [0.25, 0.3) is 6.08 Å². The van der Waals surface area contributed by atoms with Gasteiger partial charge in [-0.2, -0.15) is 0 Å². The van der Waals surface area contributed by atoms with Crippen molar-refractivity contribution in [2.24, 2.45) is 0 Å². The van der Waals surface area contributed by atoms with Gasteiger partial charge in [-0.1, -0.05) is 37.6 Å². The highest BCUT2D eigenvalue weighted by molar-refractivity contribution is 5.48. The van der Waals surface area contributed by atoms with E-state index >= 15 is 0 Å². The fourth-order valence-corrected chi connectivity index (χ4v) is 1.26. The van der Waals surface area contributed by atoms with E-state index in [1.165, 1.54) is 5.57 Å². The molecule has 0 atom stereocenters. The molecular weight excluding hydrogens is 170 g/mol. The second-order valence-corrected chi connectivity index (χ2v) is 3.13. The van der Waals surface area contributed by atoms with Crippen LogP contribution in [-0.2, 0) is 0 Å². The molecule has 1 rings (SSSR count). The van der Waals surface area contributed by atoms with Crippen molar-refractivity contribution in [1.29, 1.82) is 0 Å². The second kappa shape index (κ2) is 6.14. The first-order chi connectivity index (χ1) is 6.86. The molecule has 0 aliphatic rings. The third kappa shape index (κ3) is 3.56. The van der Waals surface area contributed by atoms with E-state index in [2.05, 4.69) is 37.1 Å². The molecule has 0 saturated carbocycles. The van der Waals surface area contributed by atoms with E-state index in [0.29, 0.717) is 0 Å². The van der Waals surface area contributed by atoms with Crippen LogP contribution >= 0.6 is 0 Å². The largest absolute Gasteiger partial charge is 0.257 e. The molecule has 0 N–H and O–H groups in total. The van der Waals surface area contributed by atoms with Crippen molar-refractivity contribution >= 4 is 6.08 Å². The molecule has 0 bridgehead atoms. The van der Waals surface area contributed by atoms with Crippen LogP contribution in [0, 0.1) is 0 Å². The number of aromatic nitrogens is 1. The number of hydrogen-bond acceptors (Lipinski definition) is 1. The summed E-state index contributed by atoms with van der Waals surface area (Å²) in [6.45, 7) is 4.33. The zero-order valence-corrected chi connectivity index (χ0v) is 8.90. The van der Waals surface area contributed by atoms with Crippen molar-refractivity contribution in [2.45, 2.75) is 26.7 Å². The van der Waals surface area contributed by atoms with Gasteiger partial charge in [-0.05, 0) is 31.1 Å². The minimum absolute atomic E-state index is 1.02. The molecule has 0 amide bonds. The summed E-state index contributed by atoms with van der Waals surface area (Å²) in [6, 6.07) is 5.94. The van der Waals surface area contributed by atoms with Gasteiger partial charge in [0.25, 0.3) is 0 Å². The predicted molar refractivity (Wildman–Crippen MR) is 61.9 cm³/mol. The minimum Gasteiger partial charge on any atom is -0.257 e. The van der Waals surface area contributed by atoms with Crippen molar-refractivity contribution < 1.29 is 0 Å². The molecule has 0 aliphatic heterocycles. The summed E-state index contributed by atoms with van der Waals surface area (Å²) in [7, 11) is 0. The summed E-state index contributed by atoms with van der Waals surface area (Å²) in [5.74, 6) is 0. The molecule has 0 aromatic carbocycles. The maximum atomic E-state index is 4.23. The Hall–Kier alpha value is -1.37. The Bertz CT molecular complexity index is 309. The molecule has 1 heteroatoms. The van der Waals surface area contributed by atoms with Crippen LogP contribution in [0.5, 0.6) is 0 Å². The van der Waals surface area contributed by atoms with Crippen LogP contribution in [-0.4, -0.2) is 4.98 Å². The third-order valence-corrected chi connectivity index (χ3v) is 2.03. The zero-order valence-electron chi connectivity index (χ0n) is 8.90. The first-order valence-corrected chi connectivity index (χ1v) is 5.15. The quantitative estimate of drug-likeness (QED) is 0.652. The first-order valence-electron chi connectivity index (χ1n) is 5.15. The van der Waals surface area contributed by atoms with Gasteiger partial charge in [0, 0.05) is 6.20 Å². The van der Waals surface area contributed by atoms with Gasteiger partial charge in [-0.25, -0.2) is 0 Å². The summed E-state index contributed by atoms with van der Waals surface area (Å²) in [4.78, 5) is 4.23. The molecule has 0 unspecified atom stereocenters. The molecule has 0 spiro atoms. The van der Waals surface area contributed by atoms with Crippen LogP contribution in [0.15, 0.2) is 42.1 Å². The summed E-state index contributed by atoms with van der Waals surface area (Å²) < 4.78 is 0. The molecule has 0 saturated heterocycles. The van der Waals surface area contributed by atoms with E-state index in [9.17, 15) is 0 Å². The summed E-state index contributed by atoms with van der Waals surface area (Å²) in [6.07, 6.45) is 10.4. The van der Waals surface area contributed by atoms with Crippen LogP contribution in [0.1, 0.15) is 32.4 Å². The summed E-state index contributed by atoms with van der Waals surface area (Å²) in [5.41, 5.74) is 2.39. The van der Waals surface area contributed by atoms with E-state index in [-0.39, 0.29) is 0 Å². The minimum atomic E-state index is 1.02. The SMILES string of the molecule is CC/C=C(/C=C\c1ccccn1)CC. The van der Waals surface area contributed by atoms with Gasteiger partial charge in [-0.3, -0.25) is 4.98 Å². The van der Waals surface area contributed by atoms with Gasteiger partial charge in [0.1, 0.15) is 0 Å². The van der Waals surface area contributed by atoms with Crippen molar-refractivity contribution in [3.63, 3.8) is 0 Å². The van der Waals surface area contributed by atoms with Crippen molar-refractivity contribution in [2.75, 3.05) is 0 Å². The zero-order chi connectivity index (χ0) is 10.2. The molecule has 1 aromatic heterocycles. The Morgan fingerprint density at radius 2 is 2.21 bits per heavy atom. The average molecular weight is 187 g/mol. The monoisotopic (exact) mass is 187 g/mol. The molecule has 1 nitrogen and oxygen atoms in total. The second-order valence-electron chi connectivity index (χ2n) is 3.13. The smallest absolute Gasteiger partial charge is 0.0629 e. The van der Waals surface area contributed by atoms with Gasteiger partial charge >= 0.3 is 0 Å². The van der Waals surface area contributed by atoms with Gasteiger partial charge in [0.15, 0.2) is 0 Å².